The standard InChI is InChI=1S/C22H19ClN6O3S/c1-27-18(24)17(20(31)28(2)22(27)32)16(30)12-33-21-26-25-19(13-6-4-3-5-7-13)29(21)15-10-8-14(23)9-11-15/h3-11H,12,24H2,1-2H3. The molecule has 0 atom stereocenters. The second kappa shape index (κ2) is 9.08. The zero-order valence-electron chi connectivity index (χ0n) is 17.7. The molecule has 9 nitrogen and oxygen atoms in total. The lowest BCUT2D eigenvalue weighted by Crippen LogP contribution is -2.41. The summed E-state index contributed by atoms with van der Waals surface area (Å²) in [7, 11) is 2.71. The summed E-state index contributed by atoms with van der Waals surface area (Å²) in [5.74, 6) is -0.220. The maximum absolute atomic E-state index is 12.9. The summed E-state index contributed by atoms with van der Waals surface area (Å²) < 4.78 is 3.74. The molecule has 0 aliphatic carbocycles. The topological polar surface area (TPSA) is 118 Å². The Bertz CT molecular complexity index is 1460. The molecule has 0 aliphatic rings. The Morgan fingerprint density at radius 1 is 1.00 bits per heavy atom. The fourth-order valence-corrected chi connectivity index (χ4v) is 4.23. The van der Waals surface area contributed by atoms with E-state index in [-0.39, 0.29) is 17.1 Å². The first-order chi connectivity index (χ1) is 15.8. The number of aromatic nitrogens is 5. The highest BCUT2D eigenvalue weighted by atomic mass is 35.5. The molecule has 0 saturated heterocycles. The maximum Gasteiger partial charge on any atom is 0.332 e. The largest absolute Gasteiger partial charge is 0.384 e. The lowest BCUT2D eigenvalue weighted by atomic mass is 10.2. The summed E-state index contributed by atoms with van der Waals surface area (Å²) in [6.45, 7) is 0. The highest BCUT2D eigenvalue weighted by Gasteiger charge is 2.22. The van der Waals surface area contributed by atoms with Crippen LogP contribution >= 0.6 is 23.4 Å². The van der Waals surface area contributed by atoms with Crippen molar-refractivity contribution in [1.29, 1.82) is 0 Å². The molecule has 0 unspecified atom stereocenters. The molecule has 33 heavy (non-hydrogen) atoms. The number of ketones is 1. The van der Waals surface area contributed by atoms with Gasteiger partial charge in [-0.15, -0.1) is 10.2 Å². The van der Waals surface area contributed by atoms with Crippen molar-refractivity contribution >= 4 is 35.0 Å². The lowest BCUT2D eigenvalue weighted by molar-refractivity contribution is 0.102. The summed E-state index contributed by atoms with van der Waals surface area (Å²) in [5, 5.41) is 9.63. The minimum absolute atomic E-state index is 0.127. The smallest absolute Gasteiger partial charge is 0.332 e. The molecule has 2 heterocycles. The number of nitrogen functional groups attached to an aromatic ring is 1. The van der Waals surface area contributed by atoms with Gasteiger partial charge in [-0.05, 0) is 24.3 Å². The van der Waals surface area contributed by atoms with Gasteiger partial charge in [0.15, 0.2) is 16.8 Å². The molecule has 2 N–H and O–H groups in total. The van der Waals surface area contributed by atoms with E-state index in [9.17, 15) is 14.4 Å². The maximum atomic E-state index is 12.9. The van der Waals surface area contributed by atoms with E-state index in [4.69, 9.17) is 17.3 Å². The van der Waals surface area contributed by atoms with Gasteiger partial charge in [0.25, 0.3) is 5.56 Å². The normalized spacial score (nSPS) is 11.0. The number of halogens is 1. The number of benzene rings is 2. The van der Waals surface area contributed by atoms with Crippen LogP contribution in [0.3, 0.4) is 0 Å². The van der Waals surface area contributed by atoms with Crippen LogP contribution in [0.15, 0.2) is 69.3 Å². The van der Waals surface area contributed by atoms with Crippen molar-refractivity contribution < 1.29 is 4.79 Å². The fraction of sp³-hybridized carbons (Fsp3) is 0.136. The number of carbonyl (C=O) groups excluding carboxylic acids is 1. The molecule has 2 aromatic heterocycles. The van der Waals surface area contributed by atoms with Gasteiger partial charge in [-0.2, -0.15) is 0 Å². The highest BCUT2D eigenvalue weighted by molar-refractivity contribution is 7.99. The third kappa shape index (κ3) is 4.22. The van der Waals surface area contributed by atoms with E-state index >= 15 is 0 Å². The van der Waals surface area contributed by atoms with Crippen LogP contribution in [0, 0.1) is 0 Å². The van der Waals surface area contributed by atoms with E-state index in [1.165, 1.54) is 14.1 Å². The molecule has 168 valence electrons. The fourth-order valence-electron chi connectivity index (χ4n) is 3.28. The van der Waals surface area contributed by atoms with Gasteiger partial charge >= 0.3 is 5.69 Å². The van der Waals surface area contributed by atoms with E-state index in [0.29, 0.717) is 16.0 Å². The number of hydrogen-bond donors (Lipinski definition) is 1. The van der Waals surface area contributed by atoms with Gasteiger partial charge in [0.1, 0.15) is 11.4 Å². The lowest BCUT2D eigenvalue weighted by Gasteiger charge is -2.12. The van der Waals surface area contributed by atoms with Crippen LogP contribution < -0.4 is 17.0 Å². The number of nitrogens with two attached hydrogens (primary N) is 1. The average Bonchev–Trinajstić information content (AvgIpc) is 3.25. The summed E-state index contributed by atoms with van der Waals surface area (Å²) >= 11 is 7.16. The van der Waals surface area contributed by atoms with E-state index in [1.807, 2.05) is 47.0 Å². The first-order valence-corrected chi connectivity index (χ1v) is 11.1. The second-order valence-corrected chi connectivity index (χ2v) is 8.54. The Labute approximate surface area is 197 Å². The van der Waals surface area contributed by atoms with Crippen LogP contribution in [-0.2, 0) is 14.1 Å². The van der Waals surface area contributed by atoms with Gasteiger partial charge in [-0.1, -0.05) is 53.7 Å². The summed E-state index contributed by atoms with van der Waals surface area (Å²) in [6, 6.07) is 16.7. The number of anilines is 1. The average molecular weight is 483 g/mol. The Morgan fingerprint density at radius 2 is 1.67 bits per heavy atom. The Morgan fingerprint density at radius 3 is 2.33 bits per heavy atom. The third-order valence-electron chi connectivity index (χ3n) is 5.07. The molecule has 4 rings (SSSR count). The van der Waals surface area contributed by atoms with Crippen LogP contribution in [0.4, 0.5) is 5.82 Å². The molecule has 0 saturated carbocycles. The van der Waals surface area contributed by atoms with E-state index in [1.54, 1.807) is 12.1 Å². The zero-order chi connectivity index (χ0) is 23.7. The number of hydrogen-bond acceptors (Lipinski definition) is 7. The molecule has 0 spiro atoms. The van der Waals surface area contributed by atoms with Gasteiger partial charge in [0.2, 0.25) is 0 Å². The van der Waals surface area contributed by atoms with Crippen LogP contribution in [-0.4, -0.2) is 35.4 Å². The number of Topliss-reactive ketones (excluding diaryl/α,β-unsaturated/α-hetero) is 1. The molecule has 2 aromatic carbocycles. The number of thioether (sulfide) groups is 1. The van der Waals surface area contributed by atoms with E-state index < -0.39 is 17.0 Å². The minimum Gasteiger partial charge on any atom is -0.384 e. The third-order valence-corrected chi connectivity index (χ3v) is 6.25. The second-order valence-electron chi connectivity index (χ2n) is 7.16. The van der Waals surface area contributed by atoms with Crippen molar-refractivity contribution in [2.24, 2.45) is 14.1 Å². The monoisotopic (exact) mass is 482 g/mol. The van der Waals surface area contributed by atoms with Gasteiger partial charge in [-0.3, -0.25) is 23.3 Å². The minimum atomic E-state index is -0.731. The van der Waals surface area contributed by atoms with E-state index in [0.717, 1.165) is 32.1 Å². The molecule has 11 heteroatoms. The Hall–Kier alpha value is -3.63. The van der Waals surface area contributed by atoms with Gasteiger partial charge < -0.3 is 5.73 Å². The van der Waals surface area contributed by atoms with Crippen LogP contribution in [0.1, 0.15) is 10.4 Å². The molecule has 0 radical (unpaired) electrons. The number of carbonyl (C=O) groups is 1. The first kappa shape index (κ1) is 22.6. The Balaban J connectivity index is 1.72. The molecule has 0 amide bonds. The molecule has 4 aromatic rings. The Kier molecular flexibility index (Phi) is 6.21. The van der Waals surface area contributed by atoms with Crippen molar-refractivity contribution in [3.05, 3.63) is 86.0 Å². The van der Waals surface area contributed by atoms with Crippen molar-refractivity contribution in [3.8, 4) is 17.1 Å². The highest BCUT2D eigenvalue weighted by Crippen LogP contribution is 2.29. The predicted molar refractivity (Wildman–Crippen MR) is 128 cm³/mol. The summed E-state index contributed by atoms with van der Waals surface area (Å²) in [6.07, 6.45) is 0. The van der Waals surface area contributed by atoms with E-state index in [2.05, 4.69) is 10.2 Å². The van der Waals surface area contributed by atoms with Crippen molar-refractivity contribution in [1.82, 2.24) is 23.9 Å². The van der Waals surface area contributed by atoms with Gasteiger partial charge in [-0.25, -0.2) is 4.79 Å². The number of nitrogens with zero attached hydrogens (tertiary/aromatic N) is 5. The van der Waals surface area contributed by atoms with Gasteiger partial charge in [0.05, 0.1) is 5.75 Å². The summed E-state index contributed by atoms with van der Waals surface area (Å²) in [5.41, 5.74) is 5.95. The van der Waals surface area contributed by atoms with Gasteiger partial charge in [0, 0.05) is 30.4 Å². The quantitative estimate of drug-likeness (QED) is 0.331. The molecule has 0 fully saturated rings. The van der Waals surface area contributed by atoms with Crippen molar-refractivity contribution in [2.45, 2.75) is 5.16 Å². The van der Waals surface area contributed by atoms with Crippen molar-refractivity contribution in [2.75, 3.05) is 11.5 Å². The predicted octanol–water partition coefficient (Wildman–Crippen LogP) is 2.54. The van der Waals surface area contributed by atoms with Crippen LogP contribution in [0.2, 0.25) is 5.02 Å². The van der Waals surface area contributed by atoms with Crippen molar-refractivity contribution in [3.63, 3.8) is 0 Å². The zero-order valence-corrected chi connectivity index (χ0v) is 19.3. The SMILES string of the molecule is Cn1c(N)c(C(=O)CSc2nnc(-c3ccccc3)n2-c2ccc(Cl)cc2)c(=O)n(C)c1=O. The molecular weight excluding hydrogens is 464 g/mol. The molecular formula is C22H19ClN6O3S. The molecule has 0 bridgehead atoms. The summed E-state index contributed by atoms with van der Waals surface area (Å²) in [4.78, 5) is 37.5. The van der Waals surface area contributed by atoms with Crippen LogP contribution in [0.25, 0.3) is 17.1 Å². The first-order valence-electron chi connectivity index (χ1n) is 9.78. The number of rotatable bonds is 6. The molecule has 0 aliphatic heterocycles. The van der Waals surface area contributed by atoms with Crippen LogP contribution in [0.5, 0.6) is 0 Å².